The molecule has 0 atom stereocenters. The summed E-state index contributed by atoms with van der Waals surface area (Å²) in [6, 6.07) is 5.84. The van der Waals surface area contributed by atoms with Gasteiger partial charge in [0.1, 0.15) is 5.82 Å². The highest BCUT2D eigenvalue weighted by molar-refractivity contribution is 8.03. The molecule has 7 heteroatoms. The summed E-state index contributed by atoms with van der Waals surface area (Å²) in [5.74, 6) is -0.189. The van der Waals surface area contributed by atoms with Crippen LogP contribution in [0.4, 0.5) is 4.39 Å². The molecule has 0 spiro atoms. The molecule has 1 aliphatic rings. The van der Waals surface area contributed by atoms with Gasteiger partial charge in [-0.25, -0.2) is 4.39 Å². The molecule has 1 saturated carbocycles. The minimum absolute atomic E-state index is 0.189. The molecule has 106 valence electrons. The first kappa shape index (κ1) is 14.3. The van der Waals surface area contributed by atoms with Gasteiger partial charge in [0.15, 0.2) is 8.68 Å². The maximum Gasteiger partial charge on any atom is 0.179 e. The SMILES string of the molecule is CSc1nnc(Sc2c(F)cccc2CNC2CC2)s1. The fourth-order valence-electron chi connectivity index (χ4n) is 1.76. The van der Waals surface area contributed by atoms with Crippen molar-refractivity contribution >= 4 is 34.9 Å². The van der Waals surface area contributed by atoms with Crippen LogP contribution >= 0.6 is 34.9 Å². The molecule has 3 nitrogen and oxygen atoms in total. The smallest absolute Gasteiger partial charge is 0.179 e. The van der Waals surface area contributed by atoms with Crippen LogP contribution < -0.4 is 5.32 Å². The summed E-state index contributed by atoms with van der Waals surface area (Å²) in [5.41, 5.74) is 0.989. The molecule has 1 fully saturated rings. The van der Waals surface area contributed by atoms with E-state index in [0.717, 1.165) is 14.2 Å². The zero-order chi connectivity index (χ0) is 13.9. The molecule has 0 aliphatic heterocycles. The highest BCUT2D eigenvalue weighted by Gasteiger charge is 2.21. The number of nitrogens with one attached hydrogen (secondary N) is 1. The summed E-state index contributed by atoms with van der Waals surface area (Å²) in [4.78, 5) is 0.657. The minimum atomic E-state index is -0.189. The van der Waals surface area contributed by atoms with Gasteiger partial charge in [-0.3, -0.25) is 0 Å². The van der Waals surface area contributed by atoms with Crippen molar-refractivity contribution in [3.05, 3.63) is 29.6 Å². The van der Waals surface area contributed by atoms with E-state index in [9.17, 15) is 4.39 Å². The molecule has 1 aromatic heterocycles. The summed E-state index contributed by atoms with van der Waals surface area (Å²) in [5, 5.41) is 11.6. The molecule has 0 unspecified atom stereocenters. The van der Waals surface area contributed by atoms with Crippen LogP contribution in [0.3, 0.4) is 0 Å². The molecule has 0 radical (unpaired) electrons. The van der Waals surface area contributed by atoms with Crippen molar-refractivity contribution in [3.63, 3.8) is 0 Å². The molecular formula is C13H14FN3S3. The molecule has 0 saturated heterocycles. The minimum Gasteiger partial charge on any atom is -0.310 e. The maximum absolute atomic E-state index is 14.1. The molecular weight excluding hydrogens is 313 g/mol. The first-order valence-corrected chi connectivity index (χ1v) is 9.18. The first-order valence-electron chi connectivity index (χ1n) is 6.32. The van der Waals surface area contributed by atoms with Crippen LogP contribution in [0.1, 0.15) is 18.4 Å². The number of aromatic nitrogens is 2. The van der Waals surface area contributed by atoms with Crippen molar-refractivity contribution in [1.82, 2.24) is 15.5 Å². The number of thioether (sulfide) groups is 1. The highest BCUT2D eigenvalue weighted by atomic mass is 32.2. The van der Waals surface area contributed by atoms with E-state index < -0.39 is 0 Å². The Morgan fingerprint density at radius 1 is 1.35 bits per heavy atom. The Hall–Kier alpha value is -0.630. The molecule has 3 rings (SSSR count). The van der Waals surface area contributed by atoms with Gasteiger partial charge in [-0.2, -0.15) is 0 Å². The fourth-order valence-corrected chi connectivity index (χ4v) is 4.27. The second kappa shape index (κ2) is 6.43. The molecule has 1 aromatic carbocycles. The van der Waals surface area contributed by atoms with Gasteiger partial charge in [0.2, 0.25) is 0 Å². The number of rotatable bonds is 6. The Bertz CT molecular complexity index is 598. The summed E-state index contributed by atoms with van der Waals surface area (Å²) in [6.45, 7) is 0.707. The Morgan fingerprint density at radius 2 is 2.15 bits per heavy atom. The largest absolute Gasteiger partial charge is 0.310 e. The normalized spacial score (nSPS) is 14.7. The zero-order valence-electron chi connectivity index (χ0n) is 10.9. The number of halogens is 1. The maximum atomic E-state index is 14.1. The number of benzene rings is 1. The van der Waals surface area contributed by atoms with E-state index in [-0.39, 0.29) is 5.82 Å². The molecule has 1 aliphatic carbocycles. The summed E-state index contributed by atoms with van der Waals surface area (Å²) in [6.07, 6.45) is 4.42. The topological polar surface area (TPSA) is 37.8 Å². The molecule has 1 heterocycles. The van der Waals surface area contributed by atoms with Gasteiger partial charge in [-0.05, 0) is 30.7 Å². The molecule has 2 aromatic rings. The molecule has 0 bridgehead atoms. The van der Waals surface area contributed by atoms with Crippen LogP contribution in [-0.2, 0) is 6.54 Å². The lowest BCUT2D eigenvalue weighted by atomic mass is 10.2. The van der Waals surface area contributed by atoms with E-state index in [4.69, 9.17) is 0 Å². The predicted molar refractivity (Wildman–Crippen MR) is 82.1 cm³/mol. The third-order valence-corrected chi connectivity index (χ3v) is 6.07. The quantitative estimate of drug-likeness (QED) is 0.817. The van der Waals surface area contributed by atoms with Crippen molar-refractivity contribution in [2.45, 2.75) is 39.0 Å². The number of hydrogen-bond donors (Lipinski definition) is 1. The molecule has 0 amide bonds. The van der Waals surface area contributed by atoms with Gasteiger partial charge < -0.3 is 5.32 Å². The first-order chi connectivity index (χ1) is 9.76. The van der Waals surface area contributed by atoms with Gasteiger partial charge in [0, 0.05) is 12.6 Å². The van der Waals surface area contributed by atoms with Crippen LogP contribution in [0.5, 0.6) is 0 Å². The van der Waals surface area contributed by atoms with E-state index >= 15 is 0 Å². The monoisotopic (exact) mass is 327 g/mol. The zero-order valence-corrected chi connectivity index (χ0v) is 13.4. The Kier molecular flexibility index (Phi) is 4.60. The van der Waals surface area contributed by atoms with E-state index in [1.54, 1.807) is 17.8 Å². The summed E-state index contributed by atoms with van der Waals surface area (Å²) >= 11 is 4.42. The van der Waals surface area contributed by atoms with Crippen molar-refractivity contribution in [3.8, 4) is 0 Å². The van der Waals surface area contributed by atoms with Gasteiger partial charge in [-0.15, -0.1) is 10.2 Å². The van der Waals surface area contributed by atoms with Crippen LogP contribution in [0.25, 0.3) is 0 Å². The van der Waals surface area contributed by atoms with E-state index in [0.29, 0.717) is 17.5 Å². The number of hydrogen-bond acceptors (Lipinski definition) is 6. The Balaban J connectivity index is 1.78. The summed E-state index contributed by atoms with van der Waals surface area (Å²) in [7, 11) is 0. The van der Waals surface area contributed by atoms with E-state index in [1.807, 2.05) is 12.3 Å². The van der Waals surface area contributed by atoms with Crippen LogP contribution in [0.15, 0.2) is 31.8 Å². The average molecular weight is 327 g/mol. The third-order valence-electron chi connectivity index (χ3n) is 2.96. The standard InChI is InChI=1S/C13H14FN3S3/c1-18-12-16-17-13(20-12)19-11-8(3-2-4-10(11)14)7-15-9-5-6-9/h2-4,9,15H,5-7H2,1H3. The highest BCUT2D eigenvalue weighted by Crippen LogP contribution is 2.36. The lowest BCUT2D eigenvalue weighted by Gasteiger charge is -2.09. The Morgan fingerprint density at radius 3 is 2.85 bits per heavy atom. The van der Waals surface area contributed by atoms with Gasteiger partial charge in [-0.1, -0.05) is 47.0 Å². The predicted octanol–water partition coefficient (Wildman–Crippen LogP) is 3.80. The average Bonchev–Trinajstić information content (AvgIpc) is 3.17. The fraction of sp³-hybridized carbons (Fsp3) is 0.385. The van der Waals surface area contributed by atoms with Crippen molar-refractivity contribution in [2.24, 2.45) is 0 Å². The Labute approximate surface area is 129 Å². The van der Waals surface area contributed by atoms with Gasteiger partial charge in [0.05, 0.1) is 4.90 Å². The van der Waals surface area contributed by atoms with Crippen LogP contribution in [-0.4, -0.2) is 22.5 Å². The number of nitrogens with zero attached hydrogens (tertiary/aromatic N) is 2. The van der Waals surface area contributed by atoms with Crippen molar-refractivity contribution in [2.75, 3.05) is 6.26 Å². The van der Waals surface area contributed by atoms with Crippen LogP contribution in [0, 0.1) is 5.82 Å². The summed E-state index contributed by atoms with van der Waals surface area (Å²) < 4.78 is 15.8. The van der Waals surface area contributed by atoms with E-state index in [1.165, 1.54) is 42.0 Å². The lowest BCUT2D eigenvalue weighted by Crippen LogP contribution is -2.16. The second-order valence-corrected chi connectivity index (χ2v) is 7.81. The second-order valence-electron chi connectivity index (χ2n) is 4.52. The van der Waals surface area contributed by atoms with Crippen molar-refractivity contribution < 1.29 is 4.39 Å². The molecule has 1 N–H and O–H groups in total. The van der Waals surface area contributed by atoms with E-state index in [2.05, 4.69) is 15.5 Å². The van der Waals surface area contributed by atoms with Crippen molar-refractivity contribution in [1.29, 1.82) is 0 Å². The van der Waals surface area contributed by atoms with Gasteiger partial charge in [0.25, 0.3) is 0 Å². The lowest BCUT2D eigenvalue weighted by molar-refractivity contribution is 0.589. The van der Waals surface area contributed by atoms with Gasteiger partial charge >= 0.3 is 0 Å². The van der Waals surface area contributed by atoms with Crippen LogP contribution in [0.2, 0.25) is 0 Å². The third kappa shape index (κ3) is 3.52. The molecule has 20 heavy (non-hydrogen) atoms.